The van der Waals surface area contributed by atoms with Gasteiger partial charge < -0.3 is 10.7 Å². The average Bonchev–Trinajstić information content (AvgIpc) is 2.03. The van der Waals surface area contributed by atoms with Crippen LogP contribution in [0.3, 0.4) is 0 Å². The minimum Gasteiger partial charge on any atom is -0.385 e. The Bertz CT molecular complexity index is 387. The predicted molar refractivity (Wildman–Crippen MR) is 41.8 cm³/mol. The smallest absolute Gasteiger partial charge is 0.278 e. The molecule has 0 amide bonds. The van der Waals surface area contributed by atoms with Crippen LogP contribution in [0.2, 0.25) is 0 Å². The van der Waals surface area contributed by atoms with Crippen molar-refractivity contribution in [1.82, 2.24) is 4.98 Å². The Morgan fingerprint density at radius 3 is 2.54 bits per heavy atom. The molecule has 0 radical (unpaired) electrons. The van der Waals surface area contributed by atoms with Crippen LogP contribution in [0, 0.1) is 0 Å². The summed E-state index contributed by atoms with van der Waals surface area (Å²) < 4.78 is 24.1. The van der Waals surface area contributed by atoms with E-state index in [1.165, 1.54) is 0 Å². The molecule has 13 heavy (non-hydrogen) atoms. The van der Waals surface area contributed by atoms with Crippen molar-refractivity contribution in [3.05, 3.63) is 27.5 Å². The fraction of sp³-hybridized carbons (Fsp3) is 0.143. The van der Waals surface area contributed by atoms with Crippen LogP contribution in [0.15, 0.2) is 10.9 Å². The lowest BCUT2D eigenvalue weighted by atomic mass is 10.2. The van der Waals surface area contributed by atoms with Gasteiger partial charge in [0.05, 0.1) is 5.69 Å². The number of rotatable bonds is 2. The van der Waals surface area contributed by atoms with Gasteiger partial charge in [-0.15, -0.1) is 0 Å². The largest absolute Gasteiger partial charge is 0.385 e. The van der Waals surface area contributed by atoms with Gasteiger partial charge in [-0.1, -0.05) is 0 Å². The molecule has 0 aliphatic carbocycles. The first kappa shape index (κ1) is 9.37. The number of nitrogens with one attached hydrogen (secondary N) is 1. The molecule has 0 saturated heterocycles. The summed E-state index contributed by atoms with van der Waals surface area (Å²) in [6.07, 6.45) is -2.58. The second-order valence-corrected chi connectivity index (χ2v) is 2.33. The van der Waals surface area contributed by atoms with Crippen molar-refractivity contribution in [3.8, 4) is 0 Å². The third-order valence-corrected chi connectivity index (χ3v) is 1.47. The highest BCUT2D eigenvalue weighted by Crippen LogP contribution is 2.15. The number of hydrogen-bond acceptors (Lipinski definition) is 3. The number of H-pyrrole nitrogens is 1. The van der Waals surface area contributed by atoms with Crippen molar-refractivity contribution >= 4 is 12.1 Å². The van der Waals surface area contributed by atoms with Crippen LogP contribution in [0.4, 0.5) is 14.6 Å². The van der Waals surface area contributed by atoms with Crippen LogP contribution >= 0.6 is 0 Å². The van der Waals surface area contributed by atoms with E-state index in [0.29, 0.717) is 6.07 Å². The lowest BCUT2D eigenvalue weighted by Crippen LogP contribution is -2.14. The van der Waals surface area contributed by atoms with E-state index in [-0.39, 0.29) is 17.7 Å². The molecule has 70 valence electrons. The Morgan fingerprint density at radius 2 is 2.15 bits per heavy atom. The van der Waals surface area contributed by atoms with Crippen molar-refractivity contribution in [1.29, 1.82) is 0 Å². The zero-order valence-corrected chi connectivity index (χ0v) is 6.38. The Kier molecular flexibility index (Phi) is 2.41. The SMILES string of the molecule is Nc1[nH]c(C(F)F)cc(=O)c1C=O. The molecule has 1 aromatic heterocycles. The number of hydrogen-bond donors (Lipinski definition) is 2. The summed E-state index contributed by atoms with van der Waals surface area (Å²) in [6, 6.07) is 0.658. The minimum absolute atomic E-state index is 0.226. The number of aldehydes is 1. The highest BCUT2D eigenvalue weighted by Gasteiger charge is 2.12. The molecular formula is C7H6F2N2O2. The van der Waals surface area contributed by atoms with Crippen molar-refractivity contribution in [3.63, 3.8) is 0 Å². The summed E-state index contributed by atoms with van der Waals surface area (Å²) >= 11 is 0. The molecule has 4 nitrogen and oxygen atoms in total. The van der Waals surface area contributed by atoms with Gasteiger partial charge in [0.15, 0.2) is 11.7 Å². The number of anilines is 1. The molecule has 0 atom stereocenters. The van der Waals surface area contributed by atoms with Crippen LogP contribution < -0.4 is 11.2 Å². The van der Waals surface area contributed by atoms with Crippen LogP contribution in [0.25, 0.3) is 0 Å². The normalized spacial score (nSPS) is 10.4. The Labute approximate surface area is 71.4 Å². The quantitative estimate of drug-likeness (QED) is 0.671. The molecule has 0 saturated carbocycles. The van der Waals surface area contributed by atoms with Gasteiger partial charge in [0, 0.05) is 6.07 Å². The van der Waals surface area contributed by atoms with Gasteiger partial charge in [-0.25, -0.2) is 8.78 Å². The molecule has 0 unspecified atom stereocenters. The van der Waals surface area contributed by atoms with E-state index < -0.39 is 17.5 Å². The molecule has 6 heteroatoms. The predicted octanol–water partition coefficient (Wildman–Crippen LogP) is 0.707. The van der Waals surface area contributed by atoms with E-state index >= 15 is 0 Å². The van der Waals surface area contributed by atoms with E-state index in [9.17, 15) is 18.4 Å². The first-order valence-corrected chi connectivity index (χ1v) is 3.32. The molecule has 0 aliphatic heterocycles. The van der Waals surface area contributed by atoms with Gasteiger partial charge >= 0.3 is 0 Å². The number of aromatic amines is 1. The van der Waals surface area contributed by atoms with Crippen molar-refractivity contribution < 1.29 is 13.6 Å². The molecule has 0 fully saturated rings. The van der Waals surface area contributed by atoms with Crippen LogP contribution in [-0.4, -0.2) is 11.3 Å². The van der Waals surface area contributed by atoms with Crippen molar-refractivity contribution in [2.45, 2.75) is 6.43 Å². The number of halogens is 2. The summed E-state index contributed by atoms with van der Waals surface area (Å²) in [5.41, 5.74) is 3.43. The third kappa shape index (κ3) is 1.71. The minimum atomic E-state index is -2.81. The topological polar surface area (TPSA) is 76.0 Å². The van der Waals surface area contributed by atoms with Crippen molar-refractivity contribution in [2.24, 2.45) is 0 Å². The van der Waals surface area contributed by atoms with Gasteiger partial charge in [0.2, 0.25) is 0 Å². The van der Waals surface area contributed by atoms with Gasteiger partial charge in [-0.05, 0) is 0 Å². The number of carbonyl (C=O) groups excluding carboxylic acids is 1. The van der Waals surface area contributed by atoms with Crippen LogP contribution in [0.5, 0.6) is 0 Å². The molecule has 1 rings (SSSR count). The molecule has 0 spiro atoms. The van der Waals surface area contributed by atoms with Gasteiger partial charge in [0.25, 0.3) is 6.43 Å². The highest BCUT2D eigenvalue weighted by atomic mass is 19.3. The summed E-state index contributed by atoms with van der Waals surface area (Å²) in [7, 11) is 0. The summed E-state index contributed by atoms with van der Waals surface area (Å²) in [5, 5.41) is 0. The lowest BCUT2D eigenvalue weighted by molar-refractivity contribution is 0.112. The third-order valence-electron chi connectivity index (χ3n) is 1.47. The summed E-state index contributed by atoms with van der Waals surface area (Å²) in [4.78, 5) is 23.2. The zero-order valence-electron chi connectivity index (χ0n) is 6.38. The fourth-order valence-electron chi connectivity index (χ4n) is 0.850. The molecule has 0 aliphatic rings. The van der Waals surface area contributed by atoms with Gasteiger partial charge in [-0.3, -0.25) is 9.59 Å². The molecule has 1 aromatic rings. The first-order valence-electron chi connectivity index (χ1n) is 3.32. The Morgan fingerprint density at radius 1 is 1.54 bits per heavy atom. The molecular weight excluding hydrogens is 182 g/mol. The maximum Gasteiger partial charge on any atom is 0.278 e. The molecule has 0 aromatic carbocycles. The van der Waals surface area contributed by atoms with E-state index in [4.69, 9.17) is 5.73 Å². The Balaban J connectivity index is 3.37. The van der Waals surface area contributed by atoms with Gasteiger partial charge in [0.1, 0.15) is 11.4 Å². The van der Waals surface area contributed by atoms with Crippen LogP contribution in [-0.2, 0) is 0 Å². The van der Waals surface area contributed by atoms with Crippen LogP contribution in [0.1, 0.15) is 22.5 Å². The maximum atomic E-state index is 12.0. The number of carbonyl (C=O) groups is 1. The monoisotopic (exact) mass is 188 g/mol. The van der Waals surface area contributed by atoms with Crippen molar-refractivity contribution in [2.75, 3.05) is 5.73 Å². The fourth-order valence-corrected chi connectivity index (χ4v) is 0.850. The standard InChI is InChI=1S/C7H6F2N2O2/c8-6(9)4-1-5(13)3(2-12)7(10)11-4/h1-2,6H,(H3,10,11,13). The number of aromatic nitrogens is 1. The van der Waals surface area contributed by atoms with E-state index in [0.717, 1.165) is 0 Å². The lowest BCUT2D eigenvalue weighted by Gasteiger charge is -2.02. The van der Waals surface area contributed by atoms with E-state index in [2.05, 4.69) is 4.98 Å². The number of nitrogens with two attached hydrogens (primary N) is 1. The summed E-state index contributed by atoms with van der Waals surface area (Å²) in [6.45, 7) is 0. The molecule has 1 heterocycles. The molecule has 0 bridgehead atoms. The molecule has 3 N–H and O–H groups in total. The van der Waals surface area contributed by atoms with E-state index in [1.807, 2.05) is 0 Å². The zero-order chi connectivity index (χ0) is 10.0. The highest BCUT2D eigenvalue weighted by molar-refractivity contribution is 5.81. The average molecular weight is 188 g/mol. The first-order chi connectivity index (χ1) is 6.06. The number of alkyl halides is 2. The summed E-state index contributed by atoms with van der Waals surface area (Å²) in [5.74, 6) is -0.335. The number of pyridine rings is 1. The second-order valence-electron chi connectivity index (χ2n) is 2.33. The maximum absolute atomic E-state index is 12.0. The number of nitrogen functional groups attached to an aromatic ring is 1. The van der Waals surface area contributed by atoms with E-state index in [1.54, 1.807) is 0 Å². The van der Waals surface area contributed by atoms with Gasteiger partial charge in [-0.2, -0.15) is 0 Å². The second kappa shape index (κ2) is 3.34. The Hall–Kier alpha value is -1.72.